The van der Waals surface area contributed by atoms with Crippen molar-refractivity contribution in [2.24, 2.45) is 9.98 Å². The minimum atomic E-state index is -4.40. The Morgan fingerprint density at radius 3 is 1.19 bits per heavy atom. The molecular formula is C22H16F6N2S. The van der Waals surface area contributed by atoms with E-state index in [2.05, 4.69) is 9.98 Å². The van der Waals surface area contributed by atoms with Gasteiger partial charge in [0.1, 0.15) is 0 Å². The van der Waals surface area contributed by atoms with Crippen LogP contribution in [0.4, 0.5) is 37.7 Å². The lowest BCUT2D eigenvalue weighted by atomic mass is 10.2. The standard InChI is InChI=1S/C22H16F6N2S/c1-13(29-17-7-3-15(4-8-17)21(23,24)25)19-11-12-20(31-19)14(2)30-18-9-5-16(6-10-18)22(26,27)28/h3-12H,1-2H3. The molecule has 3 rings (SSSR count). The molecule has 0 amide bonds. The summed E-state index contributed by atoms with van der Waals surface area (Å²) in [6.07, 6.45) is -8.80. The summed E-state index contributed by atoms with van der Waals surface area (Å²) in [5, 5.41) is 0. The normalized spacial score (nSPS) is 13.5. The molecule has 2 nitrogen and oxygen atoms in total. The van der Waals surface area contributed by atoms with Gasteiger partial charge in [-0.3, -0.25) is 9.98 Å². The Hall–Kier alpha value is -2.94. The second kappa shape index (κ2) is 8.66. The van der Waals surface area contributed by atoms with Crippen LogP contribution < -0.4 is 0 Å². The summed E-state index contributed by atoms with van der Waals surface area (Å²) in [6, 6.07) is 12.8. The first kappa shape index (κ1) is 22.7. The molecule has 0 fully saturated rings. The van der Waals surface area contributed by atoms with Crippen molar-refractivity contribution in [1.29, 1.82) is 0 Å². The Labute approximate surface area is 178 Å². The van der Waals surface area contributed by atoms with Crippen molar-refractivity contribution in [2.45, 2.75) is 26.2 Å². The number of benzene rings is 2. The summed E-state index contributed by atoms with van der Waals surface area (Å²) in [5.41, 5.74) is 0.568. The second-order valence-electron chi connectivity index (χ2n) is 6.65. The van der Waals surface area contributed by atoms with Gasteiger partial charge in [-0.25, -0.2) is 0 Å². The van der Waals surface area contributed by atoms with E-state index in [-0.39, 0.29) is 0 Å². The van der Waals surface area contributed by atoms with Crippen LogP contribution in [0.15, 0.2) is 70.6 Å². The molecule has 0 atom stereocenters. The van der Waals surface area contributed by atoms with Gasteiger partial charge in [0.25, 0.3) is 0 Å². The summed E-state index contributed by atoms with van der Waals surface area (Å²) in [4.78, 5) is 10.3. The second-order valence-corrected chi connectivity index (χ2v) is 7.73. The molecule has 0 aliphatic heterocycles. The molecule has 31 heavy (non-hydrogen) atoms. The summed E-state index contributed by atoms with van der Waals surface area (Å²) < 4.78 is 75.9. The highest BCUT2D eigenvalue weighted by Gasteiger charge is 2.30. The van der Waals surface area contributed by atoms with Gasteiger partial charge in [-0.2, -0.15) is 26.3 Å². The highest BCUT2D eigenvalue weighted by atomic mass is 32.1. The van der Waals surface area contributed by atoms with Crippen LogP contribution in [0, 0.1) is 0 Å². The first-order valence-electron chi connectivity index (χ1n) is 8.99. The predicted molar refractivity (Wildman–Crippen MR) is 111 cm³/mol. The maximum Gasteiger partial charge on any atom is 0.416 e. The van der Waals surface area contributed by atoms with E-state index in [0.717, 1.165) is 34.0 Å². The van der Waals surface area contributed by atoms with Gasteiger partial charge in [0.15, 0.2) is 0 Å². The average Bonchev–Trinajstić information content (AvgIpc) is 3.18. The van der Waals surface area contributed by atoms with Crippen molar-refractivity contribution >= 4 is 34.1 Å². The van der Waals surface area contributed by atoms with Crippen LogP contribution in [-0.4, -0.2) is 11.4 Å². The van der Waals surface area contributed by atoms with Crippen molar-refractivity contribution in [1.82, 2.24) is 0 Å². The molecule has 0 radical (unpaired) electrons. The fourth-order valence-corrected chi connectivity index (χ4v) is 3.57. The lowest BCUT2D eigenvalue weighted by Crippen LogP contribution is -2.03. The summed E-state index contributed by atoms with van der Waals surface area (Å²) >= 11 is 1.38. The molecule has 0 unspecified atom stereocenters. The number of hydrogen-bond donors (Lipinski definition) is 0. The lowest BCUT2D eigenvalue weighted by Gasteiger charge is -2.06. The Bertz CT molecular complexity index is 1020. The Balaban J connectivity index is 1.77. The van der Waals surface area contributed by atoms with Crippen LogP contribution in [0.3, 0.4) is 0 Å². The third-order valence-corrected chi connectivity index (χ3v) is 5.60. The molecule has 9 heteroatoms. The van der Waals surface area contributed by atoms with Crippen molar-refractivity contribution in [3.8, 4) is 0 Å². The zero-order chi connectivity index (χ0) is 22.8. The van der Waals surface area contributed by atoms with E-state index in [1.165, 1.54) is 35.6 Å². The third kappa shape index (κ3) is 5.81. The molecule has 0 aliphatic rings. The molecule has 0 N–H and O–H groups in total. The van der Waals surface area contributed by atoms with Gasteiger partial charge in [-0.15, -0.1) is 11.3 Å². The largest absolute Gasteiger partial charge is 0.416 e. The predicted octanol–water partition coefficient (Wildman–Crippen LogP) is 8.07. The average molecular weight is 454 g/mol. The molecule has 2 aromatic carbocycles. The Kier molecular flexibility index (Phi) is 6.35. The van der Waals surface area contributed by atoms with E-state index in [4.69, 9.17) is 0 Å². The Morgan fingerprint density at radius 1 is 0.581 bits per heavy atom. The van der Waals surface area contributed by atoms with Crippen LogP contribution in [0.5, 0.6) is 0 Å². The summed E-state index contributed by atoms with van der Waals surface area (Å²) in [5.74, 6) is 0. The smallest absolute Gasteiger partial charge is 0.252 e. The van der Waals surface area contributed by atoms with Crippen LogP contribution >= 0.6 is 11.3 Å². The molecular weight excluding hydrogens is 438 g/mol. The van der Waals surface area contributed by atoms with E-state index >= 15 is 0 Å². The molecule has 162 valence electrons. The maximum atomic E-state index is 12.7. The number of rotatable bonds is 4. The van der Waals surface area contributed by atoms with Gasteiger partial charge in [-0.05, 0) is 74.5 Å². The van der Waals surface area contributed by atoms with E-state index in [1.807, 2.05) is 12.1 Å². The van der Waals surface area contributed by atoms with Gasteiger partial charge in [-0.1, -0.05) is 0 Å². The summed E-state index contributed by atoms with van der Waals surface area (Å²) in [7, 11) is 0. The monoisotopic (exact) mass is 454 g/mol. The van der Waals surface area contributed by atoms with E-state index < -0.39 is 23.5 Å². The van der Waals surface area contributed by atoms with Gasteiger partial charge in [0.05, 0.1) is 33.9 Å². The topological polar surface area (TPSA) is 24.7 Å². The van der Waals surface area contributed by atoms with Crippen LogP contribution in [0.2, 0.25) is 0 Å². The number of hydrogen-bond acceptors (Lipinski definition) is 3. The van der Waals surface area contributed by atoms with Crippen molar-refractivity contribution in [3.05, 3.63) is 81.5 Å². The molecule has 0 aliphatic carbocycles. The molecule has 1 aromatic heterocycles. The molecule has 0 bridgehead atoms. The highest BCUT2D eigenvalue weighted by Crippen LogP contribution is 2.32. The molecule has 1 heterocycles. The maximum absolute atomic E-state index is 12.7. The van der Waals surface area contributed by atoms with Gasteiger partial charge in [0, 0.05) is 9.75 Å². The zero-order valence-corrected chi connectivity index (χ0v) is 17.2. The lowest BCUT2D eigenvalue weighted by molar-refractivity contribution is -0.138. The molecule has 0 spiro atoms. The highest BCUT2D eigenvalue weighted by molar-refractivity contribution is 7.16. The molecule has 0 saturated heterocycles. The van der Waals surface area contributed by atoms with E-state index in [1.54, 1.807) is 13.8 Å². The van der Waals surface area contributed by atoms with Crippen molar-refractivity contribution in [2.75, 3.05) is 0 Å². The number of thiophene rings is 1. The van der Waals surface area contributed by atoms with Crippen LogP contribution in [0.1, 0.15) is 34.7 Å². The fourth-order valence-electron chi connectivity index (χ4n) is 2.67. The SMILES string of the molecule is CC(=Nc1ccc(C(F)(F)F)cc1)c1ccc(C(C)=Nc2ccc(C(F)(F)F)cc2)s1. The van der Waals surface area contributed by atoms with Crippen molar-refractivity contribution < 1.29 is 26.3 Å². The minimum Gasteiger partial charge on any atom is -0.252 e. The van der Waals surface area contributed by atoms with Crippen molar-refractivity contribution in [3.63, 3.8) is 0 Å². The third-order valence-electron chi connectivity index (χ3n) is 4.30. The fraction of sp³-hybridized carbons (Fsp3) is 0.182. The van der Waals surface area contributed by atoms with Gasteiger partial charge >= 0.3 is 12.4 Å². The quantitative estimate of drug-likeness (QED) is 0.281. The van der Waals surface area contributed by atoms with Crippen LogP contribution in [-0.2, 0) is 12.4 Å². The summed E-state index contributed by atoms with van der Waals surface area (Å²) in [6.45, 7) is 3.49. The first-order chi connectivity index (χ1) is 14.4. The number of nitrogens with zero attached hydrogens (tertiary/aromatic N) is 2. The Morgan fingerprint density at radius 2 is 0.903 bits per heavy atom. The molecule has 0 saturated carbocycles. The van der Waals surface area contributed by atoms with Gasteiger partial charge in [0.2, 0.25) is 0 Å². The number of halogens is 6. The zero-order valence-electron chi connectivity index (χ0n) is 16.3. The van der Waals surface area contributed by atoms with E-state index in [0.29, 0.717) is 22.8 Å². The van der Waals surface area contributed by atoms with Gasteiger partial charge < -0.3 is 0 Å². The number of aliphatic imine (C=N–C) groups is 2. The number of alkyl halides is 6. The van der Waals surface area contributed by atoms with Crippen LogP contribution in [0.25, 0.3) is 0 Å². The molecule has 3 aromatic rings. The minimum absolute atomic E-state index is 0.399. The van der Waals surface area contributed by atoms with E-state index in [9.17, 15) is 26.3 Å². The first-order valence-corrected chi connectivity index (χ1v) is 9.81.